The fraction of sp³-hybridized carbons (Fsp3) is 0.188. The van der Waals surface area contributed by atoms with Crippen molar-refractivity contribution in [3.05, 3.63) is 84.7 Å². The van der Waals surface area contributed by atoms with Gasteiger partial charge in [0.15, 0.2) is 5.82 Å². The molecule has 5 aromatic rings. The molecule has 0 spiro atoms. The van der Waals surface area contributed by atoms with Crippen LogP contribution in [-0.4, -0.2) is 58.1 Å². The summed E-state index contributed by atoms with van der Waals surface area (Å²) in [5.41, 5.74) is 11.2. The average Bonchev–Trinajstić information content (AvgIpc) is 3.02. The molecule has 216 valence electrons. The highest BCUT2D eigenvalue weighted by Gasteiger charge is 2.19. The number of urea groups is 1. The number of benzene rings is 3. The Balaban J connectivity index is 1.24. The summed E-state index contributed by atoms with van der Waals surface area (Å²) >= 11 is 0. The third-order valence-electron chi connectivity index (χ3n) is 7.06. The number of hydrogen-bond acceptors (Lipinski definition) is 9. The highest BCUT2D eigenvalue weighted by molar-refractivity contribution is 6.00. The monoisotopic (exact) mass is 574 g/mol. The summed E-state index contributed by atoms with van der Waals surface area (Å²) in [6, 6.07) is 20.3. The van der Waals surface area contributed by atoms with Crippen molar-refractivity contribution < 1.29 is 14.3 Å². The van der Waals surface area contributed by atoms with Gasteiger partial charge in [-0.3, -0.25) is 4.79 Å². The number of ketones is 1. The van der Waals surface area contributed by atoms with Gasteiger partial charge in [-0.1, -0.05) is 18.2 Å². The molecule has 6 rings (SSSR count). The van der Waals surface area contributed by atoms with Gasteiger partial charge in [0.1, 0.15) is 11.6 Å². The Morgan fingerprint density at radius 2 is 1.47 bits per heavy atom. The Kier molecular flexibility index (Phi) is 7.88. The molecular weight excluding hydrogens is 544 g/mol. The molecule has 43 heavy (non-hydrogen) atoms. The number of Topliss-reactive ketones (excluding diaryl/α,β-unsaturated/α-hetero) is 1. The first-order valence-electron chi connectivity index (χ1n) is 13.9. The number of anilines is 4. The summed E-state index contributed by atoms with van der Waals surface area (Å²) in [5, 5.41) is 6.60. The molecule has 0 bridgehead atoms. The molecule has 0 radical (unpaired) electrons. The van der Waals surface area contributed by atoms with Crippen molar-refractivity contribution in [1.29, 1.82) is 0 Å². The molecule has 2 amide bonds. The third kappa shape index (κ3) is 6.57. The Morgan fingerprint density at radius 3 is 2.12 bits per heavy atom. The zero-order valence-corrected chi connectivity index (χ0v) is 23.6. The Labute approximate surface area is 248 Å². The molecule has 0 atom stereocenters. The second-order valence-electron chi connectivity index (χ2n) is 10.3. The summed E-state index contributed by atoms with van der Waals surface area (Å²) in [6.07, 6.45) is 3.76. The highest BCUT2D eigenvalue weighted by Crippen LogP contribution is 2.31. The number of hydrogen-bond donors (Lipinski definition) is 3. The van der Waals surface area contributed by atoms with Crippen LogP contribution >= 0.6 is 0 Å². The average molecular weight is 575 g/mol. The normalized spacial score (nSPS) is 13.1. The maximum Gasteiger partial charge on any atom is 0.323 e. The Hall–Kier alpha value is -5.42. The first-order valence-corrected chi connectivity index (χ1v) is 13.9. The molecule has 3 aromatic carbocycles. The van der Waals surface area contributed by atoms with Crippen molar-refractivity contribution in [3.63, 3.8) is 0 Å². The molecule has 1 aliphatic heterocycles. The SMILES string of the molecule is CC(=O)Cc1ccc(NC(=O)Nc2ccc(-c3nc(N4CCOCC4)c4ccc(-c5cnc(N)nc5)cc4n3)cc2)cc1. The summed E-state index contributed by atoms with van der Waals surface area (Å²) in [4.78, 5) is 44.3. The lowest BCUT2D eigenvalue weighted by molar-refractivity contribution is -0.116. The predicted molar refractivity (Wildman–Crippen MR) is 167 cm³/mol. The van der Waals surface area contributed by atoms with Gasteiger partial charge in [-0.15, -0.1) is 0 Å². The second-order valence-corrected chi connectivity index (χ2v) is 10.3. The minimum atomic E-state index is -0.372. The van der Waals surface area contributed by atoms with E-state index in [0.717, 1.165) is 52.1 Å². The molecule has 2 aromatic heterocycles. The van der Waals surface area contributed by atoms with Crippen molar-refractivity contribution in [2.75, 3.05) is 47.6 Å². The smallest absolute Gasteiger partial charge is 0.323 e. The second kappa shape index (κ2) is 12.2. The van der Waals surface area contributed by atoms with Gasteiger partial charge < -0.3 is 26.0 Å². The molecule has 0 saturated carbocycles. The standard InChI is InChI=1S/C32H30N8O3/c1-20(41)16-21-2-7-25(8-3-21)36-32(42)37-26-9-4-22(5-10-26)29-38-28-17-23(24-18-34-31(33)35-19-24)6-11-27(28)30(39-29)40-12-14-43-15-13-40/h2-11,17-19H,12-16H2,1H3,(H2,33,34,35)(H2,36,37,42). The van der Waals surface area contributed by atoms with Crippen LogP contribution in [0.1, 0.15) is 12.5 Å². The lowest BCUT2D eigenvalue weighted by Gasteiger charge is -2.29. The van der Waals surface area contributed by atoms with Crippen molar-refractivity contribution in [2.45, 2.75) is 13.3 Å². The first-order chi connectivity index (χ1) is 20.9. The molecular formula is C32H30N8O3. The van der Waals surface area contributed by atoms with E-state index in [-0.39, 0.29) is 17.8 Å². The number of nitrogen functional groups attached to an aromatic ring is 1. The number of ether oxygens (including phenoxy) is 1. The summed E-state index contributed by atoms with van der Waals surface area (Å²) in [7, 11) is 0. The van der Waals surface area contributed by atoms with Gasteiger partial charge in [0.05, 0.1) is 18.7 Å². The number of rotatable bonds is 7. The Morgan fingerprint density at radius 1 is 0.837 bits per heavy atom. The van der Waals surface area contributed by atoms with Gasteiger partial charge in [-0.2, -0.15) is 0 Å². The van der Waals surface area contributed by atoms with Crippen LogP contribution in [0, 0.1) is 0 Å². The number of fused-ring (bicyclic) bond motifs is 1. The van der Waals surface area contributed by atoms with Crippen LogP contribution in [0.2, 0.25) is 0 Å². The van der Waals surface area contributed by atoms with Crippen LogP contribution < -0.4 is 21.3 Å². The number of nitrogens with zero attached hydrogens (tertiary/aromatic N) is 5. The predicted octanol–water partition coefficient (Wildman–Crippen LogP) is 4.95. The van der Waals surface area contributed by atoms with Gasteiger partial charge in [-0.05, 0) is 66.6 Å². The van der Waals surface area contributed by atoms with E-state index in [1.807, 2.05) is 54.6 Å². The number of morpholine rings is 1. The number of carbonyl (C=O) groups is 2. The van der Waals surface area contributed by atoms with Crippen molar-refractivity contribution in [2.24, 2.45) is 0 Å². The maximum atomic E-state index is 12.6. The van der Waals surface area contributed by atoms with Crippen molar-refractivity contribution in [1.82, 2.24) is 19.9 Å². The quantitative estimate of drug-likeness (QED) is 0.246. The minimum absolute atomic E-state index is 0.0892. The molecule has 11 nitrogen and oxygen atoms in total. The largest absolute Gasteiger partial charge is 0.378 e. The van der Waals surface area contributed by atoms with E-state index in [2.05, 4.69) is 25.5 Å². The number of nitrogens with two attached hydrogens (primary N) is 1. The molecule has 11 heteroatoms. The molecule has 1 fully saturated rings. The van der Waals surface area contributed by atoms with E-state index in [4.69, 9.17) is 20.4 Å². The number of aromatic nitrogens is 4. The van der Waals surface area contributed by atoms with Gasteiger partial charge in [0.2, 0.25) is 5.95 Å². The van der Waals surface area contributed by atoms with E-state index >= 15 is 0 Å². The zero-order chi connectivity index (χ0) is 29.8. The van der Waals surface area contributed by atoms with Crippen LogP contribution in [0.3, 0.4) is 0 Å². The molecule has 1 aliphatic rings. The molecule has 4 N–H and O–H groups in total. The van der Waals surface area contributed by atoms with Crippen molar-refractivity contribution in [3.8, 4) is 22.5 Å². The summed E-state index contributed by atoms with van der Waals surface area (Å²) < 4.78 is 5.57. The van der Waals surface area contributed by atoms with Gasteiger partial charge in [0, 0.05) is 59.8 Å². The van der Waals surface area contributed by atoms with Crippen LogP contribution in [0.5, 0.6) is 0 Å². The number of carbonyl (C=O) groups excluding carboxylic acids is 2. The third-order valence-corrected chi connectivity index (χ3v) is 7.06. The van der Waals surface area contributed by atoms with E-state index < -0.39 is 0 Å². The Bertz CT molecular complexity index is 1770. The molecule has 3 heterocycles. The summed E-state index contributed by atoms with van der Waals surface area (Å²) in [6.45, 7) is 4.28. The lowest BCUT2D eigenvalue weighted by Crippen LogP contribution is -2.37. The van der Waals surface area contributed by atoms with Gasteiger partial charge in [0.25, 0.3) is 0 Å². The zero-order valence-electron chi connectivity index (χ0n) is 23.6. The fourth-order valence-corrected chi connectivity index (χ4v) is 4.91. The van der Waals surface area contributed by atoms with Gasteiger partial charge in [-0.25, -0.2) is 24.7 Å². The van der Waals surface area contributed by atoms with Crippen LogP contribution in [-0.2, 0) is 16.0 Å². The van der Waals surface area contributed by atoms with Crippen LogP contribution in [0.15, 0.2) is 79.1 Å². The summed E-state index contributed by atoms with van der Waals surface area (Å²) in [5.74, 6) is 1.73. The number of amides is 2. The fourth-order valence-electron chi connectivity index (χ4n) is 4.91. The lowest BCUT2D eigenvalue weighted by atomic mass is 10.1. The van der Waals surface area contributed by atoms with E-state index in [1.54, 1.807) is 31.5 Å². The topological polar surface area (TPSA) is 148 Å². The van der Waals surface area contributed by atoms with E-state index in [1.165, 1.54) is 0 Å². The minimum Gasteiger partial charge on any atom is -0.378 e. The van der Waals surface area contributed by atoms with Crippen LogP contribution in [0.4, 0.5) is 27.9 Å². The number of nitrogens with one attached hydrogen (secondary N) is 2. The van der Waals surface area contributed by atoms with Crippen molar-refractivity contribution >= 4 is 45.9 Å². The van der Waals surface area contributed by atoms with Crippen LogP contribution in [0.25, 0.3) is 33.4 Å². The highest BCUT2D eigenvalue weighted by atomic mass is 16.5. The van der Waals surface area contributed by atoms with Gasteiger partial charge >= 0.3 is 6.03 Å². The van der Waals surface area contributed by atoms with E-state index in [0.29, 0.717) is 36.8 Å². The molecule has 0 aliphatic carbocycles. The first kappa shape index (κ1) is 27.7. The molecule has 1 saturated heterocycles. The molecule has 0 unspecified atom stereocenters. The van der Waals surface area contributed by atoms with E-state index in [9.17, 15) is 9.59 Å². The maximum absolute atomic E-state index is 12.6.